The third-order valence-corrected chi connectivity index (χ3v) is 6.65. The highest BCUT2D eigenvalue weighted by molar-refractivity contribution is 7.14. The quantitative estimate of drug-likeness (QED) is 0.780. The van der Waals surface area contributed by atoms with Crippen molar-refractivity contribution in [2.24, 2.45) is 0 Å². The molecule has 148 valence electrons. The first-order valence-electron chi connectivity index (χ1n) is 9.53. The average Bonchev–Trinajstić information content (AvgIpc) is 3.20. The summed E-state index contributed by atoms with van der Waals surface area (Å²) in [5.41, 5.74) is -0.585. The van der Waals surface area contributed by atoms with Gasteiger partial charge in [0.15, 0.2) is 11.4 Å². The summed E-state index contributed by atoms with van der Waals surface area (Å²) in [6.07, 6.45) is -0.234. The van der Waals surface area contributed by atoms with E-state index < -0.39 is 11.5 Å². The number of hydrogen-bond acceptors (Lipinski definition) is 6. The lowest BCUT2D eigenvalue weighted by Crippen LogP contribution is -2.51. The standard InChI is InChI=1S/C21H25N3O3S/c1-15-7-8-19(28-15)18(25)13-21(27)16-5-3-4-6-17(16)24(20(21)26)14-23-11-9-22(2)10-12-23/h3-8,27H,9-14H2,1-2H3/t21-/m0/s1. The smallest absolute Gasteiger partial charge is 0.265 e. The zero-order valence-corrected chi connectivity index (χ0v) is 17.0. The van der Waals surface area contributed by atoms with E-state index >= 15 is 0 Å². The Morgan fingerprint density at radius 1 is 1.14 bits per heavy atom. The summed E-state index contributed by atoms with van der Waals surface area (Å²) in [6.45, 7) is 6.00. The van der Waals surface area contributed by atoms with E-state index in [-0.39, 0.29) is 12.2 Å². The van der Waals surface area contributed by atoms with Gasteiger partial charge in [0.05, 0.1) is 23.7 Å². The molecule has 0 saturated carbocycles. The number of amides is 1. The maximum atomic E-state index is 13.3. The predicted molar refractivity (Wildman–Crippen MR) is 110 cm³/mol. The highest BCUT2D eigenvalue weighted by Crippen LogP contribution is 2.43. The fourth-order valence-electron chi connectivity index (χ4n) is 3.91. The maximum Gasteiger partial charge on any atom is 0.265 e. The molecule has 1 saturated heterocycles. The molecular weight excluding hydrogens is 374 g/mol. The van der Waals surface area contributed by atoms with Crippen molar-refractivity contribution in [2.75, 3.05) is 44.8 Å². The Morgan fingerprint density at radius 2 is 1.86 bits per heavy atom. The molecule has 1 N–H and O–H groups in total. The third-order valence-electron chi connectivity index (χ3n) is 5.61. The van der Waals surface area contributed by atoms with Gasteiger partial charge in [-0.05, 0) is 32.2 Å². The molecule has 1 amide bonds. The van der Waals surface area contributed by atoms with Crippen molar-refractivity contribution in [3.8, 4) is 0 Å². The van der Waals surface area contributed by atoms with Gasteiger partial charge < -0.3 is 10.0 Å². The molecule has 1 atom stereocenters. The van der Waals surface area contributed by atoms with Crippen LogP contribution in [-0.4, -0.2) is 66.5 Å². The Labute approximate surface area is 169 Å². The van der Waals surface area contributed by atoms with Crippen LogP contribution in [0.25, 0.3) is 0 Å². The Morgan fingerprint density at radius 3 is 2.54 bits per heavy atom. The number of Topliss-reactive ketones (excluding diaryl/α,β-unsaturated/α-hetero) is 1. The van der Waals surface area contributed by atoms with Crippen LogP contribution < -0.4 is 4.90 Å². The number of thiophene rings is 1. The first-order valence-corrected chi connectivity index (χ1v) is 10.3. The number of piperazine rings is 1. The molecule has 0 spiro atoms. The number of aliphatic hydroxyl groups is 1. The zero-order chi connectivity index (χ0) is 19.9. The number of para-hydroxylation sites is 1. The second-order valence-corrected chi connectivity index (χ2v) is 8.97. The van der Waals surface area contributed by atoms with Crippen LogP contribution in [0.3, 0.4) is 0 Å². The van der Waals surface area contributed by atoms with E-state index in [1.54, 1.807) is 23.1 Å². The number of carbonyl (C=O) groups is 2. The summed E-state index contributed by atoms with van der Waals surface area (Å²) in [6, 6.07) is 10.9. The molecule has 0 radical (unpaired) electrons. The molecule has 0 unspecified atom stereocenters. The average molecular weight is 400 g/mol. The van der Waals surface area contributed by atoms with Gasteiger partial charge in [0.2, 0.25) is 0 Å². The number of nitrogens with zero attached hydrogens (tertiary/aromatic N) is 3. The number of hydrogen-bond donors (Lipinski definition) is 1. The monoisotopic (exact) mass is 399 g/mol. The fraction of sp³-hybridized carbons (Fsp3) is 0.429. The van der Waals surface area contributed by atoms with E-state index in [4.69, 9.17) is 0 Å². The summed E-state index contributed by atoms with van der Waals surface area (Å²) in [5, 5.41) is 11.4. The fourth-order valence-corrected chi connectivity index (χ4v) is 4.72. The van der Waals surface area contributed by atoms with Gasteiger partial charge in [-0.25, -0.2) is 0 Å². The van der Waals surface area contributed by atoms with Crippen molar-refractivity contribution in [1.29, 1.82) is 0 Å². The lowest BCUT2D eigenvalue weighted by molar-refractivity contribution is -0.136. The second kappa shape index (κ2) is 7.40. The van der Waals surface area contributed by atoms with E-state index in [1.807, 2.05) is 25.1 Å². The molecular formula is C21H25N3O3S. The number of aryl methyl sites for hydroxylation is 1. The van der Waals surface area contributed by atoms with Crippen molar-refractivity contribution >= 4 is 28.7 Å². The molecule has 0 aliphatic carbocycles. The molecule has 0 bridgehead atoms. The number of ketones is 1. The molecule has 2 aliphatic rings. The van der Waals surface area contributed by atoms with Crippen LogP contribution in [0, 0.1) is 6.92 Å². The van der Waals surface area contributed by atoms with Crippen molar-refractivity contribution in [1.82, 2.24) is 9.80 Å². The Bertz CT molecular complexity index is 904. The molecule has 1 aromatic carbocycles. The van der Waals surface area contributed by atoms with Gasteiger partial charge in [0.25, 0.3) is 5.91 Å². The van der Waals surface area contributed by atoms with Gasteiger partial charge in [-0.15, -0.1) is 11.3 Å². The summed E-state index contributed by atoms with van der Waals surface area (Å²) in [7, 11) is 2.09. The van der Waals surface area contributed by atoms with Gasteiger partial charge >= 0.3 is 0 Å². The second-order valence-electron chi connectivity index (χ2n) is 7.68. The number of likely N-dealkylation sites (N-methyl/N-ethyl adjacent to an activating group) is 1. The molecule has 28 heavy (non-hydrogen) atoms. The topological polar surface area (TPSA) is 64.1 Å². The van der Waals surface area contributed by atoms with E-state index in [0.29, 0.717) is 22.8 Å². The largest absolute Gasteiger partial charge is 0.375 e. The van der Waals surface area contributed by atoms with Crippen molar-refractivity contribution < 1.29 is 14.7 Å². The van der Waals surface area contributed by atoms with Crippen LogP contribution in [0.15, 0.2) is 36.4 Å². The van der Waals surface area contributed by atoms with Crippen LogP contribution in [0.2, 0.25) is 0 Å². The summed E-state index contributed by atoms with van der Waals surface area (Å²) >= 11 is 1.39. The molecule has 1 aromatic heterocycles. The molecule has 4 rings (SSSR count). The van der Waals surface area contributed by atoms with Gasteiger partial charge in [0.1, 0.15) is 0 Å². The molecule has 3 heterocycles. The Hall–Kier alpha value is -2.06. The van der Waals surface area contributed by atoms with E-state index in [1.165, 1.54) is 11.3 Å². The summed E-state index contributed by atoms with van der Waals surface area (Å²) in [5.74, 6) is -0.612. The van der Waals surface area contributed by atoms with Crippen LogP contribution in [0.1, 0.15) is 26.5 Å². The highest BCUT2D eigenvalue weighted by Gasteiger charge is 2.51. The van der Waals surface area contributed by atoms with E-state index in [2.05, 4.69) is 16.8 Å². The Balaban J connectivity index is 1.59. The minimum absolute atomic E-state index is 0.204. The van der Waals surface area contributed by atoms with Crippen molar-refractivity contribution in [3.63, 3.8) is 0 Å². The van der Waals surface area contributed by atoms with Crippen LogP contribution in [-0.2, 0) is 10.4 Å². The predicted octanol–water partition coefficient (Wildman–Crippen LogP) is 2.07. The number of fused-ring (bicyclic) bond motifs is 1. The van der Waals surface area contributed by atoms with Crippen molar-refractivity contribution in [2.45, 2.75) is 18.9 Å². The first kappa shape index (κ1) is 19.3. The Kier molecular flexibility index (Phi) is 5.09. The molecule has 2 aliphatic heterocycles. The molecule has 6 nitrogen and oxygen atoms in total. The first-order chi connectivity index (χ1) is 13.4. The number of rotatable bonds is 5. The van der Waals surface area contributed by atoms with Crippen LogP contribution in [0.5, 0.6) is 0 Å². The van der Waals surface area contributed by atoms with Gasteiger partial charge in [-0.3, -0.25) is 19.4 Å². The minimum Gasteiger partial charge on any atom is -0.375 e. The number of anilines is 1. The normalized spacial score (nSPS) is 23.2. The highest BCUT2D eigenvalue weighted by atomic mass is 32.1. The molecule has 7 heteroatoms. The minimum atomic E-state index is -1.81. The van der Waals surface area contributed by atoms with Gasteiger partial charge in [0, 0.05) is 36.6 Å². The SMILES string of the molecule is Cc1ccc(C(=O)C[C@@]2(O)C(=O)N(CN3CCN(C)CC3)c3ccccc32)s1. The van der Waals surface area contributed by atoms with Crippen LogP contribution >= 0.6 is 11.3 Å². The third kappa shape index (κ3) is 3.39. The van der Waals surface area contributed by atoms with Gasteiger partial charge in [-0.2, -0.15) is 0 Å². The van der Waals surface area contributed by atoms with Gasteiger partial charge in [-0.1, -0.05) is 18.2 Å². The molecule has 1 fully saturated rings. The lowest BCUT2D eigenvalue weighted by Gasteiger charge is -2.35. The number of benzene rings is 1. The maximum absolute atomic E-state index is 13.3. The number of carbonyl (C=O) groups excluding carboxylic acids is 2. The summed E-state index contributed by atoms with van der Waals surface area (Å²) in [4.78, 5) is 33.8. The van der Waals surface area contributed by atoms with E-state index in [9.17, 15) is 14.7 Å². The lowest BCUT2D eigenvalue weighted by atomic mass is 9.89. The summed E-state index contributed by atoms with van der Waals surface area (Å²) < 4.78 is 0. The van der Waals surface area contributed by atoms with Crippen molar-refractivity contribution in [3.05, 3.63) is 51.7 Å². The van der Waals surface area contributed by atoms with E-state index in [0.717, 1.165) is 31.1 Å². The zero-order valence-electron chi connectivity index (χ0n) is 16.2. The molecule has 2 aromatic rings. The van der Waals surface area contributed by atoms with Crippen LogP contribution in [0.4, 0.5) is 5.69 Å².